The highest BCUT2D eigenvalue weighted by molar-refractivity contribution is 9.10. The largest absolute Gasteiger partial charge is 0.478 e. The number of aromatic carboxylic acids is 1. The van der Waals surface area contributed by atoms with Gasteiger partial charge in [-0.2, -0.15) is 0 Å². The number of benzene rings is 1. The van der Waals surface area contributed by atoms with Gasteiger partial charge >= 0.3 is 5.97 Å². The van der Waals surface area contributed by atoms with E-state index in [1.807, 2.05) is 26.0 Å². The molecule has 0 radical (unpaired) electrons. The Morgan fingerprint density at radius 2 is 1.89 bits per heavy atom. The fraction of sp³-hybridized carbons (Fsp3) is 0.143. The third-order valence-electron chi connectivity index (χ3n) is 2.72. The summed E-state index contributed by atoms with van der Waals surface area (Å²) >= 11 is 3.52. The molecule has 0 aliphatic carbocycles. The molecule has 1 heterocycles. The van der Waals surface area contributed by atoms with Crippen molar-refractivity contribution in [1.29, 1.82) is 0 Å². The molecule has 0 aliphatic rings. The van der Waals surface area contributed by atoms with Gasteiger partial charge in [0.15, 0.2) is 0 Å². The lowest BCUT2D eigenvalue weighted by molar-refractivity contribution is 0.0696. The molecule has 5 heteroatoms. The predicted molar refractivity (Wildman–Crippen MR) is 78.1 cm³/mol. The van der Waals surface area contributed by atoms with Crippen molar-refractivity contribution in [3.05, 3.63) is 51.6 Å². The van der Waals surface area contributed by atoms with E-state index in [1.165, 1.54) is 12.3 Å². The molecule has 1 aromatic heterocycles. The Morgan fingerprint density at radius 3 is 2.37 bits per heavy atom. The molecule has 2 aromatic rings. The molecule has 0 aliphatic heterocycles. The average molecular weight is 321 g/mol. The van der Waals surface area contributed by atoms with Gasteiger partial charge in [0.25, 0.3) is 0 Å². The standard InChI is InChI=1S/C14H13BrN2O2/c1-8-5-11(6-9(2)13(8)15)17-12-4-3-10(7-16-12)14(18)19/h3-7H,1-2H3,(H,16,17)(H,18,19). The highest BCUT2D eigenvalue weighted by Crippen LogP contribution is 2.26. The Morgan fingerprint density at radius 1 is 1.26 bits per heavy atom. The second kappa shape index (κ2) is 5.40. The van der Waals surface area contributed by atoms with Crippen LogP contribution in [-0.2, 0) is 0 Å². The number of pyridine rings is 1. The lowest BCUT2D eigenvalue weighted by Crippen LogP contribution is -1.99. The number of aryl methyl sites for hydroxylation is 2. The van der Waals surface area contributed by atoms with Gasteiger partial charge in [0, 0.05) is 16.4 Å². The molecule has 0 saturated heterocycles. The summed E-state index contributed by atoms with van der Waals surface area (Å²) < 4.78 is 1.09. The maximum Gasteiger partial charge on any atom is 0.337 e. The van der Waals surface area contributed by atoms with Gasteiger partial charge in [-0.05, 0) is 49.2 Å². The van der Waals surface area contributed by atoms with Gasteiger partial charge in [0.1, 0.15) is 5.82 Å². The van der Waals surface area contributed by atoms with Crippen molar-refractivity contribution in [2.24, 2.45) is 0 Å². The van der Waals surface area contributed by atoms with Crippen molar-refractivity contribution >= 4 is 33.4 Å². The first-order chi connectivity index (χ1) is 8.97. The summed E-state index contributed by atoms with van der Waals surface area (Å²) in [7, 11) is 0. The topological polar surface area (TPSA) is 62.2 Å². The van der Waals surface area contributed by atoms with E-state index in [2.05, 4.69) is 26.2 Å². The number of carboxylic acid groups (broad SMARTS) is 1. The van der Waals surface area contributed by atoms with Crippen LogP contribution in [0.3, 0.4) is 0 Å². The molecule has 0 spiro atoms. The zero-order valence-electron chi connectivity index (χ0n) is 10.6. The Labute approximate surface area is 119 Å². The van der Waals surface area contributed by atoms with Crippen molar-refractivity contribution in [2.45, 2.75) is 13.8 Å². The van der Waals surface area contributed by atoms with Gasteiger partial charge in [-0.15, -0.1) is 0 Å². The van der Waals surface area contributed by atoms with E-state index in [9.17, 15) is 4.79 Å². The van der Waals surface area contributed by atoms with Gasteiger partial charge in [-0.25, -0.2) is 9.78 Å². The third-order valence-corrected chi connectivity index (χ3v) is 3.97. The number of rotatable bonds is 3. The van der Waals surface area contributed by atoms with E-state index < -0.39 is 5.97 Å². The molecule has 1 aromatic carbocycles. The number of hydrogen-bond acceptors (Lipinski definition) is 3. The van der Waals surface area contributed by atoms with E-state index >= 15 is 0 Å². The van der Waals surface area contributed by atoms with Crippen molar-refractivity contribution in [2.75, 3.05) is 5.32 Å². The first kappa shape index (κ1) is 13.5. The molecule has 2 N–H and O–H groups in total. The normalized spacial score (nSPS) is 10.3. The summed E-state index contributed by atoms with van der Waals surface area (Å²) in [4.78, 5) is 14.8. The minimum Gasteiger partial charge on any atom is -0.478 e. The van der Waals surface area contributed by atoms with Crippen LogP contribution in [0.1, 0.15) is 21.5 Å². The molecule has 0 fully saturated rings. The maximum atomic E-state index is 10.7. The Bertz CT molecular complexity index is 601. The maximum absolute atomic E-state index is 10.7. The van der Waals surface area contributed by atoms with Crippen LogP contribution in [0, 0.1) is 13.8 Å². The van der Waals surface area contributed by atoms with Gasteiger partial charge in [-0.3, -0.25) is 0 Å². The van der Waals surface area contributed by atoms with Gasteiger partial charge in [0.05, 0.1) is 5.56 Å². The second-order valence-corrected chi connectivity index (χ2v) is 5.08. The molecule has 4 nitrogen and oxygen atoms in total. The van der Waals surface area contributed by atoms with Gasteiger partial charge < -0.3 is 10.4 Å². The smallest absolute Gasteiger partial charge is 0.337 e. The number of anilines is 2. The molecule has 98 valence electrons. The first-order valence-electron chi connectivity index (χ1n) is 5.70. The molecule has 0 amide bonds. The number of carboxylic acids is 1. The summed E-state index contributed by atoms with van der Waals surface area (Å²) in [5.74, 6) is -0.361. The van der Waals surface area contributed by atoms with E-state index in [0.29, 0.717) is 5.82 Å². The van der Waals surface area contributed by atoms with E-state index in [1.54, 1.807) is 6.07 Å². The molecule has 0 bridgehead atoms. The van der Waals surface area contributed by atoms with Crippen LogP contribution in [0.25, 0.3) is 0 Å². The number of nitrogens with one attached hydrogen (secondary N) is 1. The number of aromatic nitrogens is 1. The monoisotopic (exact) mass is 320 g/mol. The molecular weight excluding hydrogens is 308 g/mol. The Kier molecular flexibility index (Phi) is 3.85. The van der Waals surface area contributed by atoms with Crippen molar-refractivity contribution < 1.29 is 9.90 Å². The van der Waals surface area contributed by atoms with Gasteiger partial charge in [0.2, 0.25) is 0 Å². The minimum atomic E-state index is -0.977. The van der Waals surface area contributed by atoms with Crippen LogP contribution in [0.15, 0.2) is 34.9 Å². The lowest BCUT2D eigenvalue weighted by Gasteiger charge is -2.10. The van der Waals surface area contributed by atoms with Crippen LogP contribution in [0.4, 0.5) is 11.5 Å². The fourth-order valence-corrected chi connectivity index (χ4v) is 1.99. The van der Waals surface area contributed by atoms with Crippen molar-refractivity contribution in [3.8, 4) is 0 Å². The van der Waals surface area contributed by atoms with Crippen LogP contribution >= 0.6 is 15.9 Å². The quantitative estimate of drug-likeness (QED) is 0.900. The van der Waals surface area contributed by atoms with Crippen LogP contribution in [-0.4, -0.2) is 16.1 Å². The third kappa shape index (κ3) is 3.12. The fourth-order valence-electron chi connectivity index (χ4n) is 1.76. The molecular formula is C14H13BrN2O2. The Balaban J connectivity index is 2.24. The van der Waals surface area contributed by atoms with Crippen LogP contribution in [0.5, 0.6) is 0 Å². The van der Waals surface area contributed by atoms with Gasteiger partial charge in [-0.1, -0.05) is 15.9 Å². The molecule has 0 saturated carbocycles. The second-order valence-electron chi connectivity index (χ2n) is 4.29. The first-order valence-corrected chi connectivity index (χ1v) is 6.50. The predicted octanol–water partition coefficient (Wildman–Crippen LogP) is 3.90. The van der Waals surface area contributed by atoms with E-state index in [4.69, 9.17) is 5.11 Å². The number of carbonyl (C=O) groups is 1. The molecule has 0 unspecified atom stereocenters. The molecule has 0 atom stereocenters. The summed E-state index contributed by atoms with van der Waals surface area (Å²) in [5, 5.41) is 12.0. The number of halogens is 1. The average Bonchev–Trinajstić information content (AvgIpc) is 2.36. The summed E-state index contributed by atoms with van der Waals surface area (Å²) in [6.07, 6.45) is 1.34. The Hall–Kier alpha value is -1.88. The minimum absolute atomic E-state index is 0.175. The van der Waals surface area contributed by atoms with Crippen molar-refractivity contribution in [3.63, 3.8) is 0 Å². The zero-order valence-corrected chi connectivity index (χ0v) is 12.2. The molecule has 19 heavy (non-hydrogen) atoms. The van der Waals surface area contributed by atoms with Crippen molar-refractivity contribution in [1.82, 2.24) is 4.98 Å². The zero-order chi connectivity index (χ0) is 14.0. The van der Waals surface area contributed by atoms with Crippen LogP contribution < -0.4 is 5.32 Å². The number of nitrogens with zero attached hydrogens (tertiary/aromatic N) is 1. The molecule has 2 rings (SSSR count). The number of hydrogen-bond donors (Lipinski definition) is 2. The lowest BCUT2D eigenvalue weighted by atomic mass is 10.1. The highest BCUT2D eigenvalue weighted by atomic mass is 79.9. The van der Waals surface area contributed by atoms with E-state index in [-0.39, 0.29) is 5.56 Å². The SMILES string of the molecule is Cc1cc(Nc2ccc(C(=O)O)cn2)cc(C)c1Br. The summed E-state index contributed by atoms with van der Waals surface area (Å²) in [5.41, 5.74) is 3.36. The van der Waals surface area contributed by atoms with Crippen LogP contribution in [0.2, 0.25) is 0 Å². The highest BCUT2D eigenvalue weighted by Gasteiger charge is 2.05. The summed E-state index contributed by atoms with van der Waals surface area (Å²) in [6.45, 7) is 4.03. The summed E-state index contributed by atoms with van der Waals surface area (Å²) in [6, 6.07) is 7.18. The van der Waals surface area contributed by atoms with E-state index in [0.717, 1.165) is 21.3 Å².